The summed E-state index contributed by atoms with van der Waals surface area (Å²) >= 11 is 0. The van der Waals surface area contributed by atoms with Crippen LogP contribution in [0.2, 0.25) is 0 Å². The first-order valence-corrected chi connectivity index (χ1v) is 5.44. The van der Waals surface area contributed by atoms with Crippen molar-refractivity contribution in [3.8, 4) is 5.75 Å². The number of nitro benzene ring substituents is 1. The van der Waals surface area contributed by atoms with Crippen molar-refractivity contribution in [1.29, 1.82) is 0 Å². The van der Waals surface area contributed by atoms with E-state index in [1.165, 1.54) is 25.3 Å². The first kappa shape index (κ1) is 16.0. The van der Waals surface area contributed by atoms with Gasteiger partial charge >= 0.3 is 11.9 Å². The van der Waals surface area contributed by atoms with E-state index in [-0.39, 0.29) is 11.4 Å². The minimum Gasteiger partial charge on any atom is -0.490 e. The fourth-order valence-corrected chi connectivity index (χ4v) is 1.39. The Labute approximate surface area is 112 Å². The van der Waals surface area contributed by atoms with Gasteiger partial charge in [0.2, 0.25) is 0 Å². The molecule has 0 aliphatic heterocycles. The van der Waals surface area contributed by atoms with Gasteiger partial charge in [-0.05, 0) is 19.1 Å². The smallest absolute Gasteiger partial charge is 0.418 e. The van der Waals surface area contributed by atoms with Crippen molar-refractivity contribution < 1.29 is 27.9 Å². The molecule has 0 spiro atoms. The van der Waals surface area contributed by atoms with Gasteiger partial charge in [0.25, 0.3) is 0 Å². The number of hydrogen-bond donors (Lipinski definition) is 2. The first-order chi connectivity index (χ1) is 9.10. The molecule has 0 saturated heterocycles. The van der Waals surface area contributed by atoms with E-state index in [2.05, 4.69) is 5.32 Å². The lowest BCUT2D eigenvalue weighted by Crippen LogP contribution is -2.47. The number of benzene rings is 1. The minimum absolute atomic E-state index is 0.0911. The first-order valence-electron chi connectivity index (χ1n) is 5.44. The third-order valence-electron chi connectivity index (χ3n) is 2.64. The predicted molar refractivity (Wildman–Crippen MR) is 64.8 cm³/mol. The van der Waals surface area contributed by atoms with E-state index >= 15 is 0 Å². The highest BCUT2D eigenvalue weighted by Crippen LogP contribution is 2.36. The third kappa shape index (κ3) is 3.29. The van der Waals surface area contributed by atoms with Crippen molar-refractivity contribution in [3.63, 3.8) is 0 Å². The summed E-state index contributed by atoms with van der Waals surface area (Å²) in [7, 11) is 1.21. The molecule has 1 rings (SSSR count). The van der Waals surface area contributed by atoms with Crippen LogP contribution in [0.1, 0.15) is 6.92 Å². The number of rotatable bonds is 5. The van der Waals surface area contributed by atoms with Crippen molar-refractivity contribution in [3.05, 3.63) is 28.3 Å². The normalized spacial score (nSPS) is 14.5. The molecule has 0 heterocycles. The molecule has 0 fully saturated rings. The maximum Gasteiger partial charge on any atom is 0.418 e. The number of nitro groups is 1. The van der Waals surface area contributed by atoms with E-state index in [9.17, 15) is 28.4 Å². The Hall–Kier alpha value is -2.03. The molecule has 6 nitrogen and oxygen atoms in total. The van der Waals surface area contributed by atoms with Gasteiger partial charge in [-0.1, -0.05) is 6.07 Å². The molecular formula is C11H13F3N2O4. The predicted octanol–water partition coefficient (Wildman–Crippen LogP) is 2.33. The topological polar surface area (TPSA) is 84.6 Å². The van der Waals surface area contributed by atoms with E-state index in [1.807, 2.05) is 0 Å². The highest BCUT2D eigenvalue weighted by molar-refractivity contribution is 5.68. The molecule has 1 aromatic rings. The van der Waals surface area contributed by atoms with Crippen molar-refractivity contribution in [1.82, 2.24) is 0 Å². The van der Waals surface area contributed by atoms with Gasteiger partial charge in [0.15, 0.2) is 11.4 Å². The molecule has 1 atom stereocenters. The average molecular weight is 294 g/mol. The zero-order valence-electron chi connectivity index (χ0n) is 10.7. The molecule has 0 bridgehead atoms. The fraction of sp³-hybridized carbons (Fsp3) is 0.455. The summed E-state index contributed by atoms with van der Waals surface area (Å²) in [4.78, 5) is 10.1. The summed E-state index contributed by atoms with van der Waals surface area (Å²) in [5, 5.41) is 22.4. The number of alkyl halides is 3. The Balaban J connectivity index is 3.02. The van der Waals surface area contributed by atoms with Crippen LogP contribution in [0.15, 0.2) is 18.2 Å². The zero-order valence-corrected chi connectivity index (χ0v) is 10.7. The second-order valence-corrected chi connectivity index (χ2v) is 4.24. The van der Waals surface area contributed by atoms with Gasteiger partial charge in [-0.2, -0.15) is 13.2 Å². The molecule has 0 saturated carbocycles. The van der Waals surface area contributed by atoms with Crippen LogP contribution in [0.5, 0.6) is 5.75 Å². The van der Waals surface area contributed by atoms with Crippen LogP contribution in [0.25, 0.3) is 0 Å². The molecule has 2 N–H and O–H groups in total. The van der Waals surface area contributed by atoms with Gasteiger partial charge in [0.1, 0.15) is 5.69 Å². The summed E-state index contributed by atoms with van der Waals surface area (Å²) in [5.41, 5.74) is -3.67. The summed E-state index contributed by atoms with van der Waals surface area (Å²) in [6.45, 7) is -0.351. The molecule has 0 unspecified atom stereocenters. The lowest BCUT2D eigenvalue weighted by atomic mass is 10.1. The Morgan fingerprint density at radius 1 is 1.45 bits per heavy atom. The van der Waals surface area contributed by atoms with E-state index in [0.29, 0.717) is 6.92 Å². The number of methoxy groups -OCH3 is 1. The Morgan fingerprint density at radius 3 is 2.50 bits per heavy atom. The van der Waals surface area contributed by atoms with Crippen LogP contribution in [-0.2, 0) is 0 Å². The highest BCUT2D eigenvalue weighted by atomic mass is 19.4. The molecule has 0 amide bonds. The molecule has 0 aliphatic rings. The van der Waals surface area contributed by atoms with Crippen LogP contribution in [0.3, 0.4) is 0 Å². The van der Waals surface area contributed by atoms with Crippen LogP contribution in [0, 0.1) is 10.1 Å². The molecule has 112 valence electrons. The molecule has 9 heteroatoms. The van der Waals surface area contributed by atoms with Gasteiger partial charge < -0.3 is 15.2 Å². The van der Waals surface area contributed by atoms with E-state index in [0.717, 1.165) is 0 Å². The lowest BCUT2D eigenvalue weighted by Gasteiger charge is -2.26. The van der Waals surface area contributed by atoms with Gasteiger partial charge in [-0.3, -0.25) is 10.1 Å². The lowest BCUT2D eigenvalue weighted by molar-refractivity contribution is -0.384. The molecule has 20 heavy (non-hydrogen) atoms. The summed E-state index contributed by atoms with van der Waals surface area (Å²) in [5.74, 6) is -0.0911. The number of nitrogens with zero attached hydrogens (tertiary/aromatic N) is 1. The standard InChI is InChI=1S/C11H13F3N2O4/c1-10(17,11(12,13)14)6-15-7-4-3-5-8(20-2)9(7)16(18)19/h3-5,15,17H,6H2,1-2H3/t10-/m0/s1. The van der Waals surface area contributed by atoms with Crippen molar-refractivity contribution in [2.75, 3.05) is 19.0 Å². The maximum atomic E-state index is 12.5. The van der Waals surface area contributed by atoms with Crippen LogP contribution < -0.4 is 10.1 Å². The largest absolute Gasteiger partial charge is 0.490 e. The number of nitrogens with one attached hydrogen (secondary N) is 1. The molecule has 0 aromatic heterocycles. The highest BCUT2D eigenvalue weighted by Gasteiger charge is 2.49. The second-order valence-electron chi connectivity index (χ2n) is 4.24. The minimum atomic E-state index is -4.85. The Morgan fingerprint density at radius 2 is 2.05 bits per heavy atom. The molecule has 0 radical (unpaired) electrons. The number of aliphatic hydroxyl groups is 1. The SMILES string of the molecule is COc1cccc(NC[C@](C)(O)C(F)(F)F)c1[N+](=O)[O-]. The van der Waals surface area contributed by atoms with Gasteiger partial charge in [0.05, 0.1) is 18.6 Å². The second kappa shape index (κ2) is 5.53. The Kier molecular flexibility index (Phi) is 4.43. The van der Waals surface area contributed by atoms with E-state index < -0.39 is 28.9 Å². The third-order valence-corrected chi connectivity index (χ3v) is 2.64. The van der Waals surface area contributed by atoms with E-state index in [4.69, 9.17) is 4.74 Å². The maximum absolute atomic E-state index is 12.5. The number of ether oxygens (including phenoxy) is 1. The van der Waals surface area contributed by atoms with Gasteiger partial charge in [0, 0.05) is 0 Å². The van der Waals surface area contributed by atoms with Crippen LogP contribution in [-0.4, -0.2) is 35.5 Å². The number of halogens is 3. The van der Waals surface area contributed by atoms with Crippen molar-refractivity contribution >= 4 is 11.4 Å². The number of anilines is 1. The van der Waals surface area contributed by atoms with Gasteiger partial charge in [-0.25, -0.2) is 0 Å². The summed E-state index contributed by atoms with van der Waals surface area (Å²) < 4.78 is 42.3. The molecular weight excluding hydrogens is 281 g/mol. The number of hydrogen-bond acceptors (Lipinski definition) is 5. The molecule has 1 aromatic carbocycles. The fourth-order valence-electron chi connectivity index (χ4n) is 1.39. The van der Waals surface area contributed by atoms with Crippen LogP contribution in [0.4, 0.5) is 24.5 Å². The number of para-hydroxylation sites is 1. The van der Waals surface area contributed by atoms with E-state index in [1.54, 1.807) is 0 Å². The summed E-state index contributed by atoms with van der Waals surface area (Å²) in [6, 6.07) is 3.93. The molecule has 0 aliphatic carbocycles. The quantitative estimate of drug-likeness (QED) is 0.643. The van der Waals surface area contributed by atoms with Gasteiger partial charge in [-0.15, -0.1) is 0 Å². The monoisotopic (exact) mass is 294 g/mol. The Bertz CT molecular complexity index is 503. The average Bonchev–Trinajstić information content (AvgIpc) is 2.34. The van der Waals surface area contributed by atoms with Crippen molar-refractivity contribution in [2.45, 2.75) is 18.7 Å². The van der Waals surface area contributed by atoms with Crippen LogP contribution >= 0.6 is 0 Å². The summed E-state index contributed by atoms with van der Waals surface area (Å²) in [6.07, 6.45) is -4.85. The zero-order chi connectivity index (χ0) is 15.6. The van der Waals surface area contributed by atoms with Crippen molar-refractivity contribution in [2.24, 2.45) is 0 Å².